The topological polar surface area (TPSA) is 46.2 Å². The first-order chi connectivity index (χ1) is 6.68. The lowest BCUT2D eigenvalue weighted by atomic mass is 10.1. The van der Waals surface area contributed by atoms with Crippen LogP contribution in [-0.2, 0) is 4.79 Å². The molecule has 0 aromatic heterocycles. The number of rotatable bonds is 0. The number of hydrogen-bond donors (Lipinski definition) is 1. The van der Waals surface area contributed by atoms with Gasteiger partial charge in [0.25, 0.3) is 11.7 Å². The van der Waals surface area contributed by atoms with E-state index in [0.717, 1.165) is 0 Å². The zero-order valence-electron chi connectivity index (χ0n) is 7.93. The maximum Gasteiger partial charge on any atom is 0.296 e. The van der Waals surface area contributed by atoms with Crippen LogP contribution in [0.2, 0.25) is 5.02 Å². The second-order valence-corrected chi connectivity index (χ2v) is 2.91. The van der Waals surface area contributed by atoms with Gasteiger partial charge < -0.3 is 5.32 Å². The lowest BCUT2D eigenvalue weighted by Crippen LogP contribution is -2.12. The van der Waals surface area contributed by atoms with Crippen LogP contribution in [0.1, 0.15) is 24.2 Å². The van der Waals surface area contributed by atoms with Gasteiger partial charge in [-0.2, -0.15) is 0 Å². The van der Waals surface area contributed by atoms with Gasteiger partial charge in [-0.05, 0) is 18.2 Å². The number of anilines is 1. The van der Waals surface area contributed by atoms with E-state index in [4.69, 9.17) is 11.6 Å². The van der Waals surface area contributed by atoms with Crippen LogP contribution in [0.15, 0.2) is 18.2 Å². The average Bonchev–Trinajstić information content (AvgIpc) is 2.45. The largest absolute Gasteiger partial charge is 0.318 e. The summed E-state index contributed by atoms with van der Waals surface area (Å²) >= 11 is 5.66. The molecule has 0 radical (unpaired) electrons. The Balaban J connectivity index is 0.000000461. The Hall–Kier alpha value is -1.35. The molecule has 0 aliphatic carbocycles. The molecule has 3 nitrogen and oxygen atoms in total. The zero-order chi connectivity index (χ0) is 10.7. The molecule has 4 heteroatoms. The smallest absolute Gasteiger partial charge is 0.296 e. The number of ketones is 1. The van der Waals surface area contributed by atoms with Gasteiger partial charge in [-0.1, -0.05) is 25.4 Å². The summed E-state index contributed by atoms with van der Waals surface area (Å²) in [5, 5.41) is 2.92. The van der Waals surface area contributed by atoms with E-state index in [9.17, 15) is 9.59 Å². The minimum Gasteiger partial charge on any atom is -0.318 e. The van der Waals surface area contributed by atoms with Crippen molar-refractivity contribution in [2.75, 3.05) is 5.32 Å². The number of Topliss-reactive ketones (excluding diaryl/α,β-unsaturated/α-hetero) is 1. The molecular formula is C10H10ClNO2. The SMILES string of the molecule is CC.O=C1Nc2cc(Cl)ccc2C1=O. The van der Waals surface area contributed by atoms with Crippen LogP contribution in [0.25, 0.3) is 0 Å². The minimum absolute atomic E-state index is 0.393. The molecule has 1 aliphatic heterocycles. The molecule has 74 valence electrons. The molecule has 0 spiro atoms. The third kappa shape index (κ3) is 1.77. The molecule has 0 saturated heterocycles. The van der Waals surface area contributed by atoms with Gasteiger partial charge in [0, 0.05) is 5.02 Å². The number of benzene rings is 1. The molecule has 2 rings (SSSR count). The van der Waals surface area contributed by atoms with Crippen LogP contribution in [0.4, 0.5) is 5.69 Å². The van der Waals surface area contributed by atoms with Gasteiger partial charge in [0.2, 0.25) is 0 Å². The quantitative estimate of drug-likeness (QED) is 0.671. The van der Waals surface area contributed by atoms with Crippen LogP contribution in [0.5, 0.6) is 0 Å². The lowest BCUT2D eigenvalue weighted by Gasteiger charge is -1.95. The molecule has 1 aromatic carbocycles. The van der Waals surface area contributed by atoms with E-state index in [-0.39, 0.29) is 0 Å². The highest BCUT2D eigenvalue weighted by atomic mass is 35.5. The summed E-state index contributed by atoms with van der Waals surface area (Å²) in [6, 6.07) is 4.68. The lowest BCUT2D eigenvalue weighted by molar-refractivity contribution is -0.112. The molecule has 1 aliphatic rings. The van der Waals surface area contributed by atoms with E-state index < -0.39 is 11.7 Å². The molecule has 0 atom stereocenters. The standard InChI is InChI=1S/C8H4ClNO2.C2H6/c9-4-1-2-5-6(3-4)10-8(12)7(5)11;1-2/h1-3H,(H,10,11,12);1-2H3. The van der Waals surface area contributed by atoms with Gasteiger partial charge >= 0.3 is 0 Å². The van der Waals surface area contributed by atoms with Crippen molar-refractivity contribution < 1.29 is 9.59 Å². The summed E-state index contributed by atoms with van der Waals surface area (Å²) in [4.78, 5) is 21.9. The summed E-state index contributed by atoms with van der Waals surface area (Å²) in [5.74, 6) is -1.09. The van der Waals surface area contributed by atoms with E-state index in [2.05, 4.69) is 5.32 Å². The van der Waals surface area contributed by atoms with Gasteiger partial charge in [0.05, 0.1) is 11.3 Å². The summed E-state index contributed by atoms with van der Waals surface area (Å²) in [6.07, 6.45) is 0. The summed E-state index contributed by atoms with van der Waals surface area (Å²) in [5.41, 5.74) is 0.891. The molecule has 0 fully saturated rings. The molecule has 14 heavy (non-hydrogen) atoms. The second kappa shape index (κ2) is 4.24. The van der Waals surface area contributed by atoms with E-state index >= 15 is 0 Å². The highest BCUT2D eigenvalue weighted by Gasteiger charge is 2.27. The fourth-order valence-electron chi connectivity index (χ4n) is 1.12. The first-order valence-corrected chi connectivity index (χ1v) is 4.71. The van der Waals surface area contributed by atoms with Gasteiger partial charge in [-0.3, -0.25) is 9.59 Å². The van der Waals surface area contributed by atoms with Crippen molar-refractivity contribution >= 4 is 29.0 Å². The van der Waals surface area contributed by atoms with Crippen molar-refractivity contribution in [1.82, 2.24) is 0 Å². The molecule has 1 N–H and O–H groups in total. The molecule has 1 aromatic rings. The van der Waals surface area contributed by atoms with Crippen molar-refractivity contribution in [3.63, 3.8) is 0 Å². The molecule has 0 bridgehead atoms. The second-order valence-electron chi connectivity index (χ2n) is 2.47. The van der Waals surface area contributed by atoms with Crippen LogP contribution >= 0.6 is 11.6 Å². The van der Waals surface area contributed by atoms with Crippen LogP contribution in [0.3, 0.4) is 0 Å². The normalized spacial score (nSPS) is 12.8. The van der Waals surface area contributed by atoms with Crippen LogP contribution < -0.4 is 5.32 Å². The van der Waals surface area contributed by atoms with E-state index in [1.165, 1.54) is 6.07 Å². The van der Waals surface area contributed by atoms with Crippen molar-refractivity contribution in [3.8, 4) is 0 Å². The zero-order valence-corrected chi connectivity index (χ0v) is 8.68. The number of carbonyl (C=O) groups is 2. The van der Waals surface area contributed by atoms with Crippen molar-refractivity contribution in [2.24, 2.45) is 0 Å². The number of halogens is 1. The molecule has 1 amide bonds. The first-order valence-electron chi connectivity index (χ1n) is 4.34. The number of fused-ring (bicyclic) bond motifs is 1. The molecule has 0 saturated carbocycles. The molecule has 1 heterocycles. The summed E-state index contributed by atoms with van der Waals surface area (Å²) < 4.78 is 0. The third-order valence-electron chi connectivity index (χ3n) is 1.68. The third-order valence-corrected chi connectivity index (χ3v) is 1.92. The number of hydrogen-bond acceptors (Lipinski definition) is 2. The van der Waals surface area contributed by atoms with Crippen molar-refractivity contribution in [2.45, 2.75) is 13.8 Å². The van der Waals surface area contributed by atoms with Gasteiger partial charge in [-0.25, -0.2) is 0 Å². The molecular weight excluding hydrogens is 202 g/mol. The van der Waals surface area contributed by atoms with Crippen molar-refractivity contribution in [3.05, 3.63) is 28.8 Å². The minimum atomic E-state index is -0.590. The first kappa shape index (κ1) is 10.7. The predicted octanol–water partition coefficient (Wildman–Crippen LogP) is 2.50. The summed E-state index contributed by atoms with van der Waals surface area (Å²) in [6.45, 7) is 4.00. The van der Waals surface area contributed by atoms with Gasteiger partial charge in [0.15, 0.2) is 0 Å². The van der Waals surface area contributed by atoms with E-state index in [1.54, 1.807) is 12.1 Å². The van der Waals surface area contributed by atoms with Crippen molar-refractivity contribution in [1.29, 1.82) is 0 Å². The predicted molar refractivity (Wildman–Crippen MR) is 55.8 cm³/mol. The maximum atomic E-state index is 11.1. The Morgan fingerprint density at radius 2 is 1.86 bits per heavy atom. The van der Waals surface area contributed by atoms with Crippen LogP contribution in [0, 0.1) is 0 Å². The summed E-state index contributed by atoms with van der Waals surface area (Å²) in [7, 11) is 0. The molecule has 0 unspecified atom stereocenters. The van der Waals surface area contributed by atoms with Crippen LogP contribution in [-0.4, -0.2) is 11.7 Å². The Morgan fingerprint density at radius 1 is 1.21 bits per heavy atom. The Morgan fingerprint density at radius 3 is 2.50 bits per heavy atom. The highest BCUT2D eigenvalue weighted by Crippen LogP contribution is 2.25. The highest BCUT2D eigenvalue weighted by molar-refractivity contribution is 6.51. The number of carbonyl (C=O) groups excluding carboxylic acids is 2. The Kier molecular flexibility index (Phi) is 3.25. The van der Waals surface area contributed by atoms with E-state index in [0.29, 0.717) is 16.3 Å². The fourth-order valence-corrected chi connectivity index (χ4v) is 1.29. The van der Waals surface area contributed by atoms with Gasteiger partial charge in [-0.15, -0.1) is 0 Å². The van der Waals surface area contributed by atoms with E-state index in [1.807, 2.05) is 13.8 Å². The average molecular weight is 212 g/mol. The van der Waals surface area contributed by atoms with Gasteiger partial charge in [0.1, 0.15) is 0 Å². The number of nitrogens with one attached hydrogen (secondary N) is 1. The number of amides is 1. The maximum absolute atomic E-state index is 11.1. The fraction of sp³-hybridized carbons (Fsp3) is 0.200. The monoisotopic (exact) mass is 211 g/mol. The Bertz CT molecular complexity index is 388. The Labute approximate surface area is 87.1 Å².